The van der Waals surface area contributed by atoms with Gasteiger partial charge >= 0.3 is 0 Å². The molecule has 2 rings (SSSR count). The molecular weight excluding hydrogens is 188 g/mol. The lowest BCUT2D eigenvalue weighted by atomic mass is 9.69. The van der Waals surface area contributed by atoms with Gasteiger partial charge in [-0.05, 0) is 30.4 Å². The summed E-state index contributed by atoms with van der Waals surface area (Å²) in [7, 11) is 1.67. The van der Waals surface area contributed by atoms with Gasteiger partial charge in [0.25, 0.3) is 0 Å². The lowest BCUT2D eigenvalue weighted by Crippen LogP contribution is -2.44. The SMILES string of the molecule is COc1ccccc1CC1(O)CC(C)C1. The first-order valence-corrected chi connectivity index (χ1v) is 5.47. The minimum absolute atomic E-state index is 0.492. The van der Waals surface area contributed by atoms with Crippen LogP contribution < -0.4 is 4.74 Å². The first kappa shape index (κ1) is 10.5. The van der Waals surface area contributed by atoms with E-state index in [-0.39, 0.29) is 0 Å². The zero-order chi connectivity index (χ0) is 10.9. The molecule has 1 N–H and O–H groups in total. The molecule has 1 aromatic rings. The summed E-state index contributed by atoms with van der Waals surface area (Å²) in [5, 5.41) is 10.2. The van der Waals surface area contributed by atoms with Crippen molar-refractivity contribution in [1.82, 2.24) is 0 Å². The van der Waals surface area contributed by atoms with Gasteiger partial charge in [0.15, 0.2) is 0 Å². The number of hydrogen-bond donors (Lipinski definition) is 1. The molecule has 15 heavy (non-hydrogen) atoms. The fourth-order valence-electron chi connectivity index (χ4n) is 2.59. The van der Waals surface area contributed by atoms with Gasteiger partial charge in [0.1, 0.15) is 5.75 Å². The molecule has 0 aromatic heterocycles. The van der Waals surface area contributed by atoms with E-state index in [1.54, 1.807) is 7.11 Å². The summed E-state index contributed by atoms with van der Waals surface area (Å²) in [4.78, 5) is 0. The van der Waals surface area contributed by atoms with Crippen molar-refractivity contribution < 1.29 is 9.84 Å². The first-order chi connectivity index (χ1) is 7.13. The maximum absolute atomic E-state index is 10.2. The molecule has 0 amide bonds. The van der Waals surface area contributed by atoms with Gasteiger partial charge in [0.2, 0.25) is 0 Å². The highest BCUT2D eigenvalue weighted by molar-refractivity contribution is 5.34. The maximum atomic E-state index is 10.2. The second-order valence-electron chi connectivity index (χ2n) is 4.73. The number of ether oxygens (including phenoxy) is 1. The lowest BCUT2D eigenvalue weighted by Gasteiger charge is -2.42. The molecule has 1 aromatic carbocycles. The van der Waals surface area contributed by atoms with E-state index in [0.717, 1.165) is 24.2 Å². The van der Waals surface area contributed by atoms with E-state index in [4.69, 9.17) is 4.74 Å². The van der Waals surface area contributed by atoms with Crippen molar-refractivity contribution in [2.24, 2.45) is 5.92 Å². The third-order valence-electron chi connectivity index (χ3n) is 3.17. The Balaban J connectivity index is 2.10. The third-order valence-corrected chi connectivity index (χ3v) is 3.17. The van der Waals surface area contributed by atoms with Crippen LogP contribution in [0, 0.1) is 5.92 Å². The van der Waals surface area contributed by atoms with E-state index >= 15 is 0 Å². The van der Waals surface area contributed by atoms with Crippen molar-refractivity contribution in [3.8, 4) is 5.75 Å². The zero-order valence-electron chi connectivity index (χ0n) is 9.36. The summed E-state index contributed by atoms with van der Waals surface area (Å²) in [6.07, 6.45) is 2.53. The van der Waals surface area contributed by atoms with E-state index < -0.39 is 5.60 Å². The molecule has 0 atom stereocenters. The second kappa shape index (κ2) is 3.86. The highest BCUT2D eigenvalue weighted by Gasteiger charge is 2.40. The van der Waals surface area contributed by atoms with Gasteiger partial charge in [0, 0.05) is 6.42 Å². The highest BCUT2D eigenvalue weighted by atomic mass is 16.5. The summed E-state index contributed by atoms with van der Waals surface area (Å²) in [5.74, 6) is 1.54. The molecule has 0 aliphatic heterocycles. The minimum atomic E-state index is -0.492. The number of aliphatic hydroxyl groups is 1. The smallest absolute Gasteiger partial charge is 0.122 e. The van der Waals surface area contributed by atoms with Crippen molar-refractivity contribution in [3.63, 3.8) is 0 Å². The number of benzene rings is 1. The Morgan fingerprint density at radius 2 is 2.07 bits per heavy atom. The molecule has 0 saturated heterocycles. The second-order valence-corrected chi connectivity index (χ2v) is 4.73. The Kier molecular flexibility index (Phi) is 2.70. The van der Waals surface area contributed by atoms with Gasteiger partial charge in [-0.2, -0.15) is 0 Å². The van der Waals surface area contributed by atoms with Crippen LogP contribution in [0.15, 0.2) is 24.3 Å². The van der Waals surface area contributed by atoms with Crippen LogP contribution in [0.1, 0.15) is 25.3 Å². The average molecular weight is 206 g/mol. The Morgan fingerprint density at radius 1 is 1.40 bits per heavy atom. The first-order valence-electron chi connectivity index (χ1n) is 5.47. The molecule has 1 saturated carbocycles. The summed E-state index contributed by atoms with van der Waals surface area (Å²) in [6, 6.07) is 7.92. The van der Waals surface area contributed by atoms with E-state index in [1.807, 2.05) is 24.3 Å². The van der Waals surface area contributed by atoms with E-state index in [0.29, 0.717) is 12.3 Å². The Labute approximate surface area is 90.9 Å². The summed E-state index contributed by atoms with van der Waals surface area (Å²) < 4.78 is 5.28. The van der Waals surface area contributed by atoms with Gasteiger partial charge in [-0.15, -0.1) is 0 Å². The molecule has 0 heterocycles. The van der Waals surface area contributed by atoms with Gasteiger partial charge in [-0.25, -0.2) is 0 Å². The largest absolute Gasteiger partial charge is 0.496 e. The van der Waals surface area contributed by atoms with Crippen LogP contribution in [-0.4, -0.2) is 17.8 Å². The van der Waals surface area contributed by atoms with Crippen molar-refractivity contribution in [2.45, 2.75) is 31.8 Å². The van der Waals surface area contributed by atoms with Gasteiger partial charge in [-0.1, -0.05) is 25.1 Å². The topological polar surface area (TPSA) is 29.5 Å². The number of hydrogen-bond acceptors (Lipinski definition) is 2. The molecule has 2 nitrogen and oxygen atoms in total. The lowest BCUT2D eigenvalue weighted by molar-refractivity contribution is -0.0668. The molecule has 82 valence electrons. The molecule has 1 aliphatic rings. The molecular formula is C13H18O2. The normalized spacial score (nSPS) is 29.7. The quantitative estimate of drug-likeness (QED) is 0.823. The Morgan fingerprint density at radius 3 is 2.67 bits per heavy atom. The summed E-state index contributed by atoms with van der Waals surface area (Å²) >= 11 is 0. The predicted molar refractivity (Wildman–Crippen MR) is 60.0 cm³/mol. The van der Waals surface area contributed by atoms with E-state index in [2.05, 4.69) is 6.92 Å². The molecule has 0 radical (unpaired) electrons. The van der Waals surface area contributed by atoms with Crippen molar-refractivity contribution in [3.05, 3.63) is 29.8 Å². The fourth-order valence-corrected chi connectivity index (χ4v) is 2.59. The van der Waals surface area contributed by atoms with Crippen molar-refractivity contribution in [2.75, 3.05) is 7.11 Å². The van der Waals surface area contributed by atoms with Gasteiger partial charge < -0.3 is 9.84 Å². The van der Waals surface area contributed by atoms with Crippen LogP contribution >= 0.6 is 0 Å². The molecule has 0 spiro atoms. The van der Waals surface area contributed by atoms with Gasteiger partial charge in [0.05, 0.1) is 12.7 Å². The molecule has 2 heteroatoms. The van der Waals surface area contributed by atoms with Crippen LogP contribution in [0.5, 0.6) is 5.75 Å². The number of methoxy groups -OCH3 is 1. The van der Waals surface area contributed by atoms with E-state index in [1.165, 1.54) is 0 Å². The van der Waals surface area contributed by atoms with Crippen molar-refractivity contribution in [1.29, 1.82) is 0 Å². The van der Waals surface area contributed by atoms with Crippen molar-refractivity contribution >= 4 is 0 Å². The monoisotopic (exact) mass is 206 g/mol. The fraction of sp³-hybridized carbons (Fsp3) is 0.538. The molecule has 0 bridgehead atoms. The average Bonchev–Trinajstić information content (AvgIpc) is 2.16. The Hall–Kier alpha value is -1.02. The number of para-hydroxylation sites is 1. The Bertz CT molecular complexity index is 340. The van der Waals surface area contributed by atoms with Crippen LogP contribution in [0.2, 0.25) is 0 Å². The van der Waals surface area contributed by atoms with Gasteiger partial charge in [-0.3, -0.25) is 0 Å². The zero-order valence-corrected chi connectivity index (χ0v) is 9.36. The minimum Gasteiger partial charge on any atom is -0.496 e. The molecule has 1 aliphatic carbocycles. The van der Waals surface area contributed by atoms with E-state index in [9.17, 15) is 5.11 Å². The van der Waals surface area contributed by atoms with Crippen LogP contribution in [-0.2, 0) is 6.42 Å². The maximum Gasteiger partial charge on any atom is 0.122 e. The van der Waals surface area contributed by atoms with Crippen LogP contribution in [0.3, 0.4) is 0 Å². The van der Waals surface area contributed by atoms with Crippen LogP contribution in [0.25, 0.3) is 0 Å². The standard InChI is InChI=1S/C13H18O2/c1-10-7-13(14,8-10)9-11-5-3-4-6-12(11)15-2/h3-6,10,14H,7-9H2,1-2H3. The predicted octanol–water partition coefficient (Wildman–Crippen LogP) is 2.40. The molecule has 1 fully saturated rings. The van der Waals surface area contributed by atoms with Crippen LogP contribution in [0.4, 0.5) is 0 Å². The number of rotatable bonds is 3. The summed E-state index contributed by atoms with van der Waals surface area (Å²) in [5.41, 5.74) is 0.614. The molecule has 0 unspecified atom stereocenters. The third kappa shape index (κ3) is 2.15. The highest BCUT2D eigenvalue weighted by Crippen LogP contribution is 2.40. The summed E-state index contributed by atoms with van der Waals surface area (Å²) in [6.45, 7) is 2.18.